The van der Waals surface area contributed by atoms with Gasteiger partial charge in [0.25, 0.3) is 0 Å². The van der Waals surface area contributed by atoms with E-state index in [4.69, 9.17) is 0 Å². The van der Waals surface area contributed by atoms with E-state index in [2.05, 4.69) is 28.9 Å². The van der Waals surface area contributed by atoms with Gasteiger partial charge in [-0.25, -0.2) is 0 Å². The molecule has 0 aromatic carbocycles. The van der Waals surface area contributed by atoms with E-state index in [1.165, 1.54) is 22.2 Å². The first-order valence-corrected chi connectivity index (χ1v) is 7.13. The Bertz CT molecular complexity index is 389. The molecule has 1 unspecified atom stereocenters. The number of halogens is 1. The summed E-state index contributed by atoms with van der Waals surface area (Å²) < 4.78 is 0. The smallest absolute Gasteiger partial charge is 0.186 e. The van der Waals surface area contributed by atoms with Crippen LogP contribution in [0.15, 0.2) is 23.1 Å². The molecule has 0 bridgehead atoms. The third-order valence-electron chi connectivity index (χ3n) is 2.51. The van der Waals surface area contributed by atoms with Gasteiger partial charge in [-0.3, -0.25) is 4.79 Å². The maximum atomic E-state index is 11.2. The highest BCUT2D eigenvalue weighted by molar-refractivity contribution is 8.14. The molecule has 2 heterocycles. The molecule has 0 amide bonds. The van der Waals surface area contributed by atoms with Crippen molar-refractivity contribution in [3.05, 3.63) is 28.0 Å². The molecule has 5 heteroatoms. The van der Waals surface area contributed by atoms with Gasteiger partial charge in [-0.1, -0.05) is 17.8 Å². The Morgan fingerprint density at radius 2 is 2.47 bits per heavy atom. The van der Waals surface area contributed by atoms with Gasteiger partial charge in [-0.15, -0.1) is 23.7 Å². The van der Waals surface area contributed by atoms with E-state index in [9.17, 15) is 4.79 Å². The number of carbonyl (C=O) groups excluding carboxylic acids is 1. The molecule has 1 aromatic heterocycles. The molecule has 0 radical (unpaired) electrons. The fourth-order valence-corrected chi connectivity index (χ4v) is 3.43. The molecule has 94 valence electrons. The molecule has 0 aliphatic carbocycles. The van der Waals surface area contributed by atoms with Crippen molar-refractivity contribution in [2.75, 3.05) is 13.1 Å². The van der Waals surface area contributed by atoms with Crippen LogP contribution in [0.4, 0.5) is 0 Å². The lowest BCUT2D eigenvalue weighted by Gasteiger charge is -2.24. The summed E-state index contributed by atoms with van der Waals surface area (Å²) in [5, 5.41) is 6.02. The maximum Gasteiger partial charge on any atom is 0.186 e. The minimum absolute atomic E-state index is 0. The van der Waals surface area contributed by atoms with E-state index in [1.807, 2.05) is 0 Å². The van der Waals surface area contributed by atoms with Crippen molar-refractivity contribution in [1.29, 1.82) is 0 Å². The average Bonchev–Trinajstić information content (AvgIpc) is 2.73. The second-order valence-electron chi connectivity index (χ2n) is 3.80. The van der Waals surface area contributed by atoms with Crippen molar-refractivity contribution in [1.82, 2.24) is 5.32 Å². The zero-order valence-corrected chi connectivity index (χ0v) is 12.1. The third-order valence-corrected chi connectivity index (χ3v) is 4.48. The molecule has 0 saturated carbocycles. The molecule has 1 aliphatic heterocycles. The topological polar surface area (TPSA) is 29.1 Å². The molecule has 0 spiro atoms. The van der Waals surface area contributed by atoms with Crippen LogP contribution in [0.25, 0.3) is 6.08 Å². The van der Waals surface area contributed by atoms with Crippen LogP contribution in [-0.4, -0.2) is 23.5 Å². The Morgan fingerprint density at radius 3 is 3.12 bits per heavy atom. The van der Waals surface area contributed by atoms with Gasteiger partial charge in [0.2, 0.25) is 0 Å². The fraction of sp³-hybridized carbons (Fsp3) is 0.417. The fourth-order valence-electron chi connectivity index (χ4n) is 1.80. The molecule has 1 N–H and O–H groups in total. The summed E-state index contributed by atoms with van der Waals surface area (Å²) >= 11 is 3.20. The molecule has 17 heavy (non-hydrogen) atoms. The first-order chi connectivity index (χ1) is 7.75. The highest BCUT2D eigenvalue weighted by Crippen LogP contribution is 2.27. The number of thioether (sulfide) groups is 1. The van der Waals surface area contributed by atoms with Gasteiger partial charge >= 0.3 is 0 Å². The van der Waals surface area contributed by atoms with E-state index >= 15 is 0 Å². The zero-order valence-electron chi connectivity index (χ0n) is 9.64. The number of piperidine rings is 1. The van der Waals surface area contributed by atoms with Crippen LogP contribution in [0.5, 0.6) is 0 Å². The van der Waals surface area contributed by atoms with Crippen molar-refractivity contribution in [3.8, 4) is 0 Å². The number of hydrogen-bond acceptors (Lipinski definition) is 4. The summed E-state index contributed by atoms with van der Waals surface area (Å²) in [5.74, 6) is 0. The van der Waals surface area contributed by atoms with Gasteiger partial charge in [0.15, 0.2) is 5.12 Å². The highest BCUT2D eigenvalue weighted by Gasteiger charge is 2.20. The van der Waals surface area contributed by atoms with E-state index in [1.54, 1.807) is 18.3 Å². The van der Waals surface area contributed by atoms with E-state index in [-0.39, 0.29) is 17.5 Å². The molecule has 1 saturated heterocycles. The summed E-state index contributed by atoms with van der Waals surface area (Å²) in [5.41, 5.74) is 1.34. The van der Waals surface area contributed by atoms with E-state index in [0.29, 0.717) is 5.25 Å². The molecule has 2 nitrogen and oxygen atoms in total. The Morgan fingerprint density at radius 1 is 1.65 bits per heavy atom. The summed E-state index contributed by atoms with van der Waals surface area (Å²) in [6, 6.07) is 4.17. The van der Waals surface area contributed by atoms with Gasteiger partial charge in [0.05, 0.1) is 0 Å². The van der Waals surface area contributed by atoms with Crippen LogP contribution in [0.3, 0.4) is 0 Å². The van der Waals surface area contributed by atoms with Crippen LogP contribution >= 0.6 is 35.5 Å². The second-order valence-corrected chi connectivity index (χ2v) is 6.16. The Labute approximate surface area is 116 Å². The van der Waals surface area contributed by atoms with Crippen molar-refractivity contribution in [2.45, 2.75) is 18.6 Å². The summed E-state index contributed by atoms with van der Waals surface area (Å²) in [6.45, 7) is 3.56. The lowest BCUT2D eigenvalue weighted by atomic mass is 10.1. The predicted octanol–water partition coefficient (Wildman–Crippen LogP) is 3.19. The number of carbonyl (C=O) groups is 1. The maximum absolute atomic E-state index is 11.2. The van der Waals surface area contributed by atoms with Crippen molar-refractivity contribution < 1.29 is 4.79 Å². The van der Waals surface area contributed by atoms with E-state index in [0.717, 1.165) is 19.5 Å². The SMILES string of the molecule is CC(=O)SC1CCNC/C1=C/c1cccs1.Cl. The number of nitrogens with one attached hydrogen (secondary N) is 1. The molecule has 1 aromatic rings. The van der Waals surface area contributed by atoms with Crippen molar-refractivity contribution in [2.24, 2.45) is 0 Å². The predicted molar refractivity (Wildman–Crippen MR) is 79.1 cm³/mol. The van der Waals surface area contributed by atoms with Crippen molar-refractivity contribution >= 4 is 46.7 Å². The summed E-state index contributed by atoms with van der Waals surface area (Å²) in [4.78, 5) is 12.4. The minimum Gasteiger partial charge on any atom is -0.313 e. The molecule has 1 fully saturated rings. The van der Waals surface area contributed by atoms with Gasteiger partial charge in [0.1, 0.15) is 0 Å². The molecule has 1 atom stereocenters. The van der Waals surface area contributed by atoms with Gasteiger partial charge in [-0.05, 0) is 36.1 Å². The van der Waals surface area contributed by atoms with Gasteiger partial charge in [-0.2, -0.15) is 0 Å². The van der Waals surface area contributed by atoms with Gasteiger partial charge < -0.3 is 5.32 Å². The zero-order chi connectivity index (χ0) is 11.4. The first kappa shape index (κ1) is 14.8. The Hall–Kier alpha value is -0.290. The monoisotopic (exact) mass is 289 g/mol. The molecule has 1 aliphatic rings. The van der Waals surface area contributed by atoms with E-state index < -0.39 is 0 Å². The number of rotatable bonds is 2. The summed E-state index contributed by atoms with van der Waals surface area (Å²) in [7, 11) is 0. The molecular weight excluding hydrogens is 274 g/mol. The lowest BCUT2D eigenvalue weighted by molar-refractivity contribution is -0.109. The number of thiophene rings is 1. The highest BCUT2D eigenvalue weighted by atomic mass is 35.5. The Kier molecular flexibility index (Phi) is 6.27. The molecular formula is C12H16ClNOS2. The number of hydrogen-bond donors (Lipinski definition) is 1. The molecule has 2 rings (SSSR count). The summed E-state index contributed by atoms with van der Waals surface area (Å²) in [6.07, 6.45) is 3.26. The second kappa shape index (κ2) is 7.21. The van der Waals surface area contributed by atoms with Crippen LogP contribution in [-0.2, 0) is 4.79 Å². The van der Waals surface area contributed by atoms with Gasteiger partial charge in [0, 0.05) is 23.6 Å². The van der Waals surface area contributed by atoms with Crippen LogP contribution in [0.1, 0.15) is 18.2 Å². The standard InChI is InChI=1S/C12H15NOS2.ClH/c1-9(14)16-12-4-5-13-8-10(12)7-11-3-2-6-15-11;/h2-3,6-7,12-13H,4-5,8H2,1H3;1H/b10-7-;. The first-order valence-electron chi connectivity index (χ1n) is 5.37. The van der Waals surface area contributed by atoms with Crippen molar-refractivity contribution in [3.63, 3.8) is 0 Å². The largest absolute Gasteiger partial charge is 0.313 e. The quantitative estimate of drug-likeness (QED) is 0.906. The average molecular weight is 290 g/mol. The minimum atomic E-state index is 0. The van der Waals surface area contributed by atoms with Crippen LogP contribution in [0.2, 0.25) is 0 Å². The van der Waals surface area contributed by atoms with Crippen LogP contribution < -0.4 is 5.32 Å². The Balaban J connectivity index is 0.00000144. The third kappa shape index (κ3) is 4.47. The normalized spacial score (nSPS) is 22.2. The van der Waals surface area contributed by atoms with Crippen LogP contribution in [0, 0.1) is 0 Å². The lowest BCUT2D eigenvalue weighted by Crippen LogP contribution is -2.32.